The molecule has 1 aliphatic carbocycles. The van der Waals surface area contributed by atoms with E-state index in [2.05, 4.69) is 30.5 Å². The highest BCUT2D eigenvalue weighted by atomic mass is 32.1. The highest BCUT2D eigenvalue weighted by Crippen LogP contribution is 2.20. The van der Waals surface area contributed by atoms with Crippen LogP contribution in [0.4, 0.5) is 5.69 Å². The Labute approximate surface area is 113 Å². The van der Waals surface area contributed by atoms with Crippen LogP contribution in [0.2, 0.25) is 0 Å². The Morgan fingerprint density at radius 3 is 2.72 bits per heavy atom. The van der Waals surface area contributed by atoms with E-state index in [1.165, 1.54) is 5.56 Å². The van der Waals surface area contributed by atoms with Crippen LogP contribution in [0, 0.1) is 0 Å². The number of carbonyl (C=O) groups excluding carboxylic acids is 1. The summed E-state index contributed by atoms with van der Waals surface area (Å²) in [4.78, 5) is 12.1. The fourth-order valence-corrected chi connectivity index (χ4v) is 1.86. The molecule has 0 heterocycles. The molecule has 1 aromatic carbocycles. The van der Waals surface area contributed by atoms with Crippen molar-refractivity contribution in [2.75, 3.05) is 5.32 Å². The van der Waals surface area contributed by atoms with Gasteiger partial charge in [-0.1, -0.05) is 38.2 Å². The Morgan fingerprint density at radius 1 is 1.39 bits per heavy atom. The van der Waals surface area contributed by atoms with Crippen LogP contribution in [0.25, 0.3) is 0 Å². The maximum atomic E-state index is 11.8. The molecular formula is C14H18N2OS. The summed E-state index contributed by atoms with van der Waals surface area (Å²) in [6.45, 7) is 4.25. The normalized spacial score (nSPS) is 14.4. The number of hydrogen-bond acceptors (Lipinski definition) is 2. The van der Waals surface area contributed by atoms with Crippen molar-refractivity contribution < 1.29 is 4.79 Å². The summed E-state index contributed by atoms with van der Waals surface area (Å²) in [5.74, 6) is 0.219. The molecule has 3 nitrogen and oxygen atoms in total. The number of nitrogens with one attached hydrogen (secondary N) is 2. The van der Waals surface area contributed by atoms with Crippen molar-refractivity contribution in [1.29, 1.82) is 0 Å². The number of anilines is 1. The first-order chi connectivity index (χ1) is 8.56. The van der Waals surface area contributed by atoms with E-state index < -0.39 is 0 Å². The molecule has 2 N–H and O–H groups in total. The van der Waals surface area contributed by atoms with Gasteiger partial charge in [0.05, 0.1) is 0 Å². The molecule has 4 heteroatoms. The molecule has 96 valence electrons. The van der Waals surface area contributed by atoms with Gasteiger partial charge in [-0.3, -0.25) is 4.79 Å². The largest absolute Gasteiger partial charge is 0.369 e. The van der Waals surface area contributed by atoms with Crippen LogP contribution in [-0.4, -0.2) is 16.9 Å². The van der Waals surface area contributed by atoms with Gasteiger partial charge in [0.1, 0.15) is 0 Å². The second kappa shape index (κ2) is 5.48. The molecule has 0 unspecified atom stereocenters. The summed E-state index contributed by atoms with van der Waals surface area (Å²) >= 11 is 5.05. The van der Waals surface area contributed by atoms with Crippen molar-refractivity contribution >= 4 is 28.8 Å². The molecule has 0 radical (unpaired) electrons. The Kier molecular flexibility index (Phi) is 3.97. The van der Waals surface area contributed by atoms with Crippen molar-refractivity contribution in [3.8, 4) is 0 Å². The number of hydrogen-bond donors (Lipinski definition) is 2. The van der Waals surface area contributed by atoms with Crippen molar-refractivity contribution in [3.05, 3.63) is 29.8 Å². The summed E-state index contributed by atoms with van der Waals surface area (Å²) in [5.41, 5.74) is 2.00. The van der Waals surface area contributed by atoms with E-state index >= 15 is 0 Å². The molecule has 1 amide bonds. The molecule has 1 aromatic rings. The van der Waals surface area contributed by atoms with Crippen molar-refractivity contribution in [2.24, 2.45) is 0 Å². The number of thiocarbonyl (C=S) groups is 1. The predicted octanol–water partition coefficient (Wildman–Crippen LogP) is 2.83. The van der Waals surface area contributed by atoms with Gasteiger partial charge in [-0.05, 0) is 36.5 Å². The van der Waals surface area contributed by atoms with Crippen LogP contribution >= 0.6 is 12.2 Å². The van der Waals surface area contributed by atoms with Gasteiger partial charge in [0.25, 0.3) is 5.91 Å². The van der Waals surface area contributed by atoms with Crippen LogP contribution in [0.5, 0.6) is 0 Å². The Bertz CT molecular complexity index is 467. The summed E-state index contributed by atoms with van der Waals surface area (Å²) in [7, 11) is 0. The fraction of sp³-hybridized carbons (Fsp3) is 0.429. The second-order valence-corrected chi connectivity index (χ2v) is 5.39. The molecule has 0 atom stereocenters. The van der Waals surface area contributed by atoms with E-state index in [1.54, 1.807) is 0 Å². The van der Waals surface area contributed by atoms with Crippen LogP contribution < -0.4 is 10.6 Å². The number of amides is 1. The average molecular weight is 262 g/mol. The summed E-state index contributed by atoms with van der Waals surface area (Å²) in [5, 5.41) is 5.86. The predicted molar refractivity (Wildman–Crippen MR) is 77.9 cm³/mol. The molecular weight excluding hydrogens is 244 g/mol. The van der Waals surface area contributed by atoms with Gasteiger partial charge in [0, 0.05) is 11.7 Å². The van der Waals surface area contributed by atoms with E-state index in [4.69, 9.17) is 12.2 Å². The van der Waals surface area contributed by atoms with E-state index in [1.807, 2.05) is 18.2 Å². The lowest BCUT2D eigenvalue weighted by molar-refractivity contribution is -0.110. The van der Waals surface area contributed by atoms with Gasteiger partial charge >= 0.3 is 0 Å². The number of benzene rings is 1. The summed E-state index contributed by atoms with van der Waals surface area (Å²) in [6.07, 6.45) is 2.21. The Morgan fingerprint density at radius 2 is 2.11 bits per heavy atom. The monoisotopic (exact) mass is 262 g/mol. The lowest BCUT2D eigenvalue weighted by Gasteiger charge is -2.10. The third kappa shape index (κ3) is 3.53. The summed E-state index contributed by atoms with van der Waals surface area (Å²) in [6, 6.07) is 8.28. The molecule has 0 aromatic heterocycles. The van der Waals surface area contributed by atoms with Crippen LogP contribution in [-0.2, 0) is 4.79 Å². The molecule has 1 fully saturated rings. The minimum absolute atomic E-state index is 0.224. The zero-order valence-corrected chi connectivity index (χ0v) is 11.5. The Balaban J connectivity index is 1.97. The molecule has 0 saturated heterocycles. The number of rotatable bonds is 3. The standard InChI is InChI=1S/C14H18N2OS/c1-9(2)10-4-3-5-12(8-10)15-13(17)14(18)16-11-6-7-11/h3-5,8-9,11H,6-7H2,1-2H3,(H,15,17)(H,16,18). The zero-order chi connectivity index (χ0) is 13.1. The molecule has 18 heavy (non-hydrogen) atoms. The van der Waals surface area contributed by atoms with Gasteiger partial charge in [0.15, 0.2) is 4.99 Å². The van der Waals surface area contributed by atoms with Crippen LogP contribution in [0.1, 0.15) is 38.2 Å². The lowest BCUT2D eigenvalue weighted by atomic mass is 10.0. The third-order valence-electron chi connectivity index (χ3n) is 2.93. The van der Waals surface area contributed by atoms with Crippen LogP contribution in [0.3, 0.4) is 0 Å². The molecule has 2 rings (SSSR count). The average Bonchev–Trinajstić information content (AvgIpc) is 3.13. The minimum Gasteiger partial charge on any atom is -0.369 e. The second-order valence-electron chi connectivity index (χ2n) is 4.98. The maximum absolute atomic E-state index is 11.8. The molecule has 1 saturated carbocycles. The third-order valence-corrected chi connectivity index (χ3v) is 3.23. The van der Waals surface area contributed by atoms with E-state index in [9.17, 15) is 4.79 Å². The van der Waals surface area contributed by atoms with Gasteiger partial charge < -0.3 is 10.6 Å². The molecule has 1 aliphatic rings. The molecule has 0 bridgehead atoms. The van der Waals surface area contributed by atoms with Crippen molar-refractivity contribution in [1.82, 2.24) is 5.32 Å². The first kappa shape index (κ1) is 13.0. The topological polar surface area (TPSA) is 41.1 Å². The molecule has 0 spiro atoms. The first-order valence-corrected chi connectivity index (χ1v) is 6.69. The highest BCUT2D eigenvalue weighted by molar-refractivity contribution is 7.82. The Hall–Kier alpha value is -1.42. The number of carbonyl (C=O) groups is 1. The smallest absolute Gasteiger partial charge is 0.283 e. The van der Waals surface area contributed by atoms with E-state index in [0.717, 1.165) is 18.5 Å². The van der Waals surface area contributed by atoms with Crippen LogP contribution in [0.15, 0.2) is 24.3 Å². The summed E-state index contributed by atoms with van der Waals surface area (Å²) < 4.78 is 0. The molecule has 0 aliphatic heterocycles. The fourth-order valence-electron chi connectivity index (χ4n) is 1.64. The quantitative estimate of drug-likeness (QED) is 0.823. The van der Waals surface area contributed by atoms with E-state index in [-0.39, 0.29) is 10.9 Å². The lowest BCUT2D eigenvalue weighted by Crippen LogP contribution is -2.35. The zero-order valence-electron chi connectivity index (χ0n) is 10.7. The maximum Gasteiger partial charge on any atom is 0.283 e. The van der Waals surface area contributed by atoms with E-state index in [0.29, 0.717) is 12.0 Å². The SMILES string of the molecule is CC(C)c1cccc(NC(=O)C(=S)NC2CC2)c1. The minimum atomic E-state index is -0.224. The van der Waals surface area contributed by atoms with Gasteiger partial charge in [-0.25, -0.2) is 0 Å². The van der Waals surface area contributed by atoms with Crippen molar-refractivity contribution in [3.63, 3.8) is 0 Å². The van der Waals surface area contributed by atoms with Gasteiger partial charge in [0.2, 0.25) is 0 Å². The highest BCUT2D eigenvalue weighted by Gasteiger charge is 2.24. The first-order valence-electron chi connectivity index (χ1n) is 6.28. The van der Waals surface area contributed by atoms with Gasteiger partial charge in [-0.2, -0.15) is 0 Å². The van der Waals surface area contributed by atoms with Crippen molar-refractivity contribution in [2.45, 2.75) is 38.6 Å². The van der Waals surface area contributed by atoms with Gasteiger partial charge in [-0.15, -0.1) is 0 Å².